The van der Waals surface area contributed by atoms with Crippen molar-refractivity contribution in [2.45, 2.75) is 76.4 Å². The lowest BCUT2D eigenvalue weighted by molar-refractivity contribution is -0.239. The minimum Gasteiger partial charge on any atom is -0.378 e. The fraction of sp³-hybridized carbons (Fsp3) is 0.714. The van der Waals surface area contributed by atoms with Crippen molar-refractivity contribution in [1.29, 1.82) is 0 Å². The fourth-order valence-corrected chi connectivity index (χ4v) is 3.95. The van der Waals surface area contributed by atoms with E-state index < -0.39 is 12.0 Å². The Morgan fingerprint density at radius 3 is 2.42 bits per heavy atom. The van der Waals surface area contributed by atoms with E-state index in [1.807, 2.05) is 13.0 Å². The smallest absolute Gasteiger partial charge is 0.184 e. The summed E-state index contributed by atoms with van der Waals surface area (Å²) in [6.07, 6.45) is 4.86. The third-order valence-electron chi connectivity index (χ3n) is 5.40. The Morgan fingerprint density at radius 1 is 1.08 bits per heavy atom. The lowest BCUT2D eigenvalue weighted by atomic mass is 9.89. The van der Waals surface area contributed by atoms with Crippen LogP contribution in [0.5, 0.6) is 0 Å². The van der Waals surface area contributed by atoms with E-state index in [0.717, 1.165) is 32.1 Å². The zero-order valence-corrected chi connectivity index (χ0v) is 15.8. The minimum absolute atomic E-state index is 0.00976. The topological polar surface area (TPSA) is 27.7 Å². The quantitative estimate of drug-likeness (QED) is 0.669. The maximum Gasteiger partial charge on any atom is 0.184 e. The van der Waals surface area contributed by atoms with Gasteiger partial charge in [0.25, 0.3) is 0 Å². The summed E-state index contributed by atoms with van der Waals surface area (Å²) < 4.78 is 46.0. The van der Waals surface area contributed by atoms with Crippen molar-refractivity contribution < 1.29 is 23.0 Å². The summed E-state index contributed by atoms with van der Waals surface area (Å²) in [5.74, 6) is -0.170. The van der Waals surface area contributed by atoms with Gasteiger partial charge in [-0.05, 0) is 37.3 Å². The molecule has 2 aliphatic heterocycles. The fourth-order valence-electron chi connectivity index (χ4n) is 3.95. The highest BCUT2D eigenvalue weighted by molar-refractivity contribution is 5.28. The van der Waals surface area contributed by atoms with Gasteiger partial charge in [-0.25, -0.2) is 8.78 Å². The summed E-state index contributed by atoms with van der Waals surface area (Å²) in [6.45, 7) is 4.63. The Bertz CT molecular complexity index is 577. The van der Waals surface area contributed by atoms with E-state index >= 15 is 0 Å². The molecule has 1 aromatic carbocycles. The number of halogens is 2. The molecule has 0 saturated carbocycles. The van der Waals surface area contributed by atoms with Crippen molar-refractivity contribution in [3.63, 3.8) is 0 Å². The van der Waals surface area contributed by atoms with Gasteiger partial charge in [0.2, 0.25) is 0 Å². The molecule has 0 aromatic heterocycles. The average Bonchev–Trinajstić information content (AvgIpc) is 2.63. The molecule has 0 aliphatic carbocycles. The van der Waals surface area contributed by atoms with Gasteiger partial charge in [-0.3, -0.25) is 0 Å². The molecule has 0 radical (unpaired) electrons. The van der Waals surface area contributed by atoms with Gasteiger partial charge in [0, 0.05) is 11.5 Å². The second-order valence-electron chi connectivity index (χ2n) is 7.65. The molecular formula is C21H30F2O3. The molecule has 2 unspecified atom stereocenters. The maximum absolute atomic E-state index is 14.7. The third-order valence-corrected chi connectivity index (χ3v) is 5.40. The van der Waals surface area contributed by atoms with Gasteiger partial charge in [0.1, 0.15) is 5.82 Å². The van der Waals surface area contributed by atoms with Gasteiger partial charge >= 0.3 is 0 Å². The SMILES string of the molecule is CCCC1CCC(c2ccc(C3OCC(F)(CCC)CO3)cc2F)CO1. The number of ether oxygens (including phenoxy) is 3. The number of rotatable bonds is 6. The van der Waals surface area contributed by atoms with Crippen LogP contribution in [0.15, 0.2) is 18.2 Å². The van der Waals surface area contributed by atoms with Crippen LogP contribution in [-0.2, 0) is 14.2 Å². The second kappa shape index (κ2) is 8.77. The number of alkyl halides is 1. The molecular weight excluding hydrogens is 338 g/mol. The molecule has 2 saturated heterocycles. The van der Waals surface area contributed by atoms with Crippen LogP contribution < -0.4 is 0 Å². The van der Waals surface area contributed by atoms with Crippen LogP contribution in [-0.4, -0.2) is 31.6 Å². The second-order valence-corrected chi connectivity index (χ2v) is 7.65. The first-order chi connectivity index (χ1) is 12.5. The molecule has 2 heterocycles. The summed E-state index contributed by atoms with van der Waals surface area (Å²) in [5, 5.41) is 0. The zero-order chi connectivity index (χ0) is 18.6. The summed E-state index contributed by atoms with van der Waals surface area (Å²) >= 11 is 0. The molecule has 1 aromatic rings. The van der Waals surface area contributed by atoms with Crippen LogP contribution in [0.4, 0.5) is 8.78 Å². The van der Waals surface area contributed by atoms with Crippen molar-refractivity contribution in [1.82, 2.24) is 0 Å². The first-order valence-electron chi connectivity index (χ1n) is 9.87. The molecule has 5 heteroatoms. The number of hydrogen-bond donors (Lipinski definition) is 0. The Morgan fingerprint density at radius 2 is 1.85 bits per heavy atom. The minimum atomic E-state index is -1.43. The van der Waals surface area contributed by atoms with Crippen LogP contribution in [0.25, 0.3) is 0 Å². The summed E-state index contributed by atoms with van der Waals surface area (Å²) in [7, 11) is 0. The lowest BCUT2D eigenvalue weighted by Crippen LogP contribution is -2.41. The molecule has 0 spiro atoms. The first-order valence-corrected chi connectivity index (χ1v) is 9.87. The van der Waals surface area contributed by atoms with Crippen molar-refractivity contribution in [3.05, 3.63) is 35.1 Å². The van der Waals surface area contributed by atoms with Gasteiger partial charge in [-0.1, -0.05) is 38.8 Å². The monoisotopic (exact) mass is 368 g/mol. The highest BCUT2D eigenvalue weighted by Crippen LogP contribution is 2.35. The van der Waals surface area contributed by atoms with E-state index in [0.29, 0.717) is 30.3 Å². The van der Waals surface area contributed by atoms with Gasteiger partial charge in [0.15, 0.2) is 12.0 Å². The normalized spacial score (nSPS) is 32.5. The van der Waals surface area contributed by atoms with E-state index in [4.69, 9.17) is 14.2 Å². The van der Waals surface area contributed by atoms with E-state index in [1.165, 1.54) is 6.07 Å². The zero-order valence-electron chi connectivity index (χ0n) is 15.8. The highest BCUT2D eigenvalue weighted by Gasteiger charge is 2.37. The van der Waals surface area contributed by atoms with Gasteiger partial charge < -0.3 is 14.2 Å². The largest absolute Gasteiger partial charge is 0.378 e. The van der Waals surface area contributed by atoms with E-state index in [2.05, 4.69) is 6.92 Å². The van der Waals surface area contributed by atoms with Crippen LogP contribution in [0.3, 0.4) is 0 Å². The van der Waals surface area contributed by atoms with E-state index in [-0.39, 0.29) is 24.9 Å². The molecule has 3 rings (SSSR count). The molecule has 26 heavy (non-hydrogen) atoms. The summed E-state index contributed by atoms with van der Waals surface area (Å²) in [4.78, 5) is 0. The molecule has 0 amide bonds. The van der Waals surface area contributed by atoms with Gasteiger partial charge in [0.05, 0.1) is 25.9 Å². The molecule has 2 atom stereocenters. The van der Waals surface area contributed by atoms with Gasteiger partial charge in [-0.2, -0.15) is 0 Å². The number of hydrogen-bond acceptors (Lipinski definition) is 3. The van der Waals surface area contributed by atoms with Crippen molar-refractivity contribution in [3.8, 4) is 0 Å². The Hall–Kier alpha value is -1.04. The van der Waals surface area contributed by atoms with Crippen LogP contribution in [0, 0.1) is 5.82 Å². The summed E-state index contributed by atoms with van der Waals surface area (Å²) in [6, 6.07) is 5.09. The first kappa shape index (κ1) is 19.7. The van der Waals surface area contributed by atoms with Crippen LogP contribution in [0.2, 0.25) is 0 Å². The predicted octanol–water partition coefficient (Wildman–Crippen LogP) is 5.44. The van der Waals surface area contributed by atoms with Gasteiger partial charge in [-0.15, -0.1) is 0 Å². The molecule has 0 N–H and O–H groups in total. The number of benzene rings is 1. The molecule has 146 valence electrons. The standard InChI is InChI=1S/C21H30F2O3/c1-3-5-17-8-6-16(12-24-17)18-9-7-15(11-19(18)22)20-25-13-21(23,10-4-2)14-26-20/h7,9,11,16-17,20H,3-6,8,10,12-14H2,1-2H3. The predicted molar refractivity (Wildman–Crippen MR) is 96.4 cm³/mol. The lowest BCUT2D eigenvalue weighted by Gasteiger charge is -2.34. The molecule has 0 bridgehead atoms. The third kappa shape index (κ3) is 4.62. The molecule has 2 fully saturated rings. The van der Waals surface area contributed by atoms with Crippen molar-refractivity contribution >= 4 is 0 Å². The van der Waals surface area contributed by atoms with Crippen molar-refractivity contribution in [2.75, 3.05) is 19.8 Å². The Kier molecular flexibility index (Phi) is 6.65. The van der Waals surface area contributed by atoms with E-state index in [9.17, 15) is 8.78 Å². The van der Waals surface area contributed by atoms with Crippen LogP contribution in [0.1, 0.15) is 75.7 Å². The molecule has 3 nitrogen and oxygen atoms in total. The summed E-state index contributed by atoms with van der Waals surface area (Å²) in [5.41, 5.74) is -0.145. The maximum atomic E-state index is 14.7. The van der Waals surface area contributed by atoms with E-state index in [1.54, 1.807) is 6.07 Å². The van der Waals surface area contributed by atoms with Crippen molar-refractivity contribution in [2.24, 2.45) is 0 Å². The molecule has 2 aliphatic rings. The Labute approximate surface area is 155 Å². The van der Waals surface area contributed by atoms with Crippen LogP contribution >= 0.6 is 0 Å². The highest BCUT2D eigenvalue weighted by atomic mass is 19.1. The average molecular weight is 368 g/mol. The Balaban J connectivity index is 1.60.